The van der Waals surface area contributed by atoms with E-state index in [1.54, 1.807) is 19.5 Å². The second kappa shape index (κ2) is 6.54. The van der Waals surface area contributed by atoms with E-state index in [-0.39, 0.29) is 0 Å². The van der Waals surface area contributed by atoms with Gasteiger partial charge in [-0.05, 0) is 25.1 Å². The van der Waals surface area contributed by atoms with E-state index in [4.69, 9.17) is 9.47 Å². The zero-order chi connectivity index (χ0) is 14.5. The Labute approximate surface area is 124 Å². The zero-order valence-corrected chi connectivity index (χ0v) is 12.1. The summed E-state index contributed by atoms with van der Waals surface area (Å²) >= 11 is 0. The summed E-state index contributed by atoms with van der Waals surface area (Å²) < 4.78 is 10.9. The summed E-state index contributed by atoms with van der Waals surface area (Å²) in [6.07, 6.45) is 4.62. The fraction of sp³-hybridized carbons (Fsp3) is 0.375. The van der Waals surface area contributed by atoms with E-state index >= 15 is 0 Å². The van der Waals surface area contributed by atoms with E-state index < -0.39 is 0 Å². The summed E-state index contributed by atoms with van der Waals surface area (Å²) in [6, 6.07) is 7.70. The van der Waals surface area contributed by atoms with Gasteiger partial charge >= 0.3 is 0 Å². The van der Waals surface area contributed by atoms with Crippen LogP contribution >= 0.6 is 0 Å². The number of benzene rings is 1. The zero-order valence-electron chi connectivity index (χ0n) is 12.1. The molecular weight excluding hydrogens is 266 g/mol. The summed E-state index contributed by atoms with van der Waals surface area (Å²) in [4.78, 5) is 8.72. The molecular formula is C16H19N3O2. The number of aromatic nitrogens is 2. The summed E-state index contributed by atoms with van der Waals surface area (Å²) in [5.41, 5.74) is 0.931. The average molecular weight is 285 g/mol. The Hall–Kier alpha value is -2.14. The Kier molecular flexibility index (Phi) is 4.31. The van der Waals surface area contributed by atoms with Crippen LogP contribution in [0.15, 0.2) is 36.7 Å². The normalized spacial score (nSPS) is 17.7. The van der Waals surface area contributed by atoms with Crippen molar-refractivity contribution in [2.45, 2.75) is 6.42 Å². The Morgan fingerprint density at radius 2 is 2.10 bits per heavy atom. The summed E-state index contributed by atoms with van der Waals surface area (Å²) in [6.45, 7) is 2.83. The van der Waals surface area contributed by atoms with Crippen LogP contribution in [0.2, 0.25) is 0 Å². The number of methoxy groups -OCH3 is 1. The van der Waals surface area contributed by atoms with Gasteiger partial charge < -0.3 is 14.8 Å². The molecule has 1 saturated heterocycles. The molecule has 1 aliphatic rings. The second-order valence-electron chi connectivity index (χ2n) is 5.14. The number of ether oxygens (including phenoxy) is 2. The topological polar surface area (TPSA) is 56.3 Å². The highest BCUT2D eigenvalue weighted by atomic mass is 16.5. The highest BCUT2D eigenvalue weighted by Crippen LogP contribution is 2.21. The lowest BCUT2D eigenvalue weighted by Gasteiger charge is -2.10. The highest BCUT2D eigenvalue weighted by molar-refractivity contribution is 5.57. The van der Waals surface area contributed by atoms with Gasteiger partial charge in [0.15, 0.2) is 11.6 Å². The predicted octanol–water partition coefficient (Wildman–Crippen LogP) is 2.14. The number of hydrogen-bond donors (Lipinski definition) is 1. The minimum absolute atomic E-state index is 0.586. The minimum Gasteiger partial charge on any atom is -0.497 e. The van der Waals surface area contributed by atoms with Crippen LogP contribution in [-0.4, -0.2) is 36.8 Å². The van der Waals surface area contributed by atoms with Gasteiger partial charge in [-0.15, -0.1) is 0 Å². The Morgan fingerprint density at radius 1 is 1.24 bits per heavy atom. The summed E-state index contributed by atoms with van der Waals surface area (Å²) in [5.74, 6) is 2.77. The van der Waals surface area contributed by atoms with E-state index in [1.807, 2.05) is 24.3 Å². The lowest BCUT2D eigenvalue weighted by atomic mass is 10.1. The van der Waals surface area contributed by atoms with E-state index in [9.17, 15) is 0 Å². The molecule has 3 rings (SSSR count). The average Bonchev–Trinajstić information content (AvgIpc) is 3.07. The molecule has 21 heavy (non-hydrogen) atoms. The third-order valence-corrected chi connectivity index (χ3v) is 3.60. The van der Waals surface area contributed by atoms with Crippen molar-refractivity contribution < 1.29 is 9.47 Å². The molecule has 5 heteroatoms. The molecule has 1 unspecified atom stereocenters. The maximum Gasteiger partial charge on any atom is 0.159 e. The first-order chi connectivity index (χ1) is 10.3. The fourth-order valence-corrected chi connectivity index (χ4v) is 2.37. The van der Waals surface area contributed by atoms with Crippen molar-refractivity contribution in [3.05, 3.63) is 36.7 Å². The maximum absolute atomic E-state index is 5.74. The van der Waals surface area contributed by atoms with E-state index in [0.29, 0.717) is 17.5 Å². The molecule has 0 radical (unpaired) electrons. The van der Waals surface area contributed by atoms with Crippen molar-refractivity contribution >= 4 is 0 Å². The Bertz CT molecular complexity index is 580. The van der Waals surface area contributed by atoms with E-state index in [1.165, 1.54) is 6.42 Å². The van der Waals surface area contributed by atoms with Crippen LogP contribution in [-0.2, 0) is 0 Å². The molecule has 0 aliphatic carbocycles. The molecule has 0 saturated carbocycles. The molecule has 2 heterocycles. The van der Waals surface area contributed by atoms with Gasteiger partial charge in [0.25, 0.3) is 0 Å². The van der Waals surface area contributed by atoms with Crippen molar-refractivity contribution in [3.63, 3.8) is 0 Å². The van der Waals surface area contributed by atoms with Gasteiger partial charge in [0.05, 0.1) is 26.1 Å². The quantitative estimate of drug-likeness (QED) is 0.912. The molecule has 0 spiro atoms. The lowest BCUT2D eigenvalue weighted by Crippen LogP contribution is -2.15. The van der Waals surface area contributed by atoms with Gasteiger partial charge in [0.1, 0.15) is 5.75 Å². The third kappa shape index (κ3) is 3.49. The van der Waals surface area contributed by atoms with Crippen LogP contribution in [0.4, 0.5) is 0 Å². The molecule has 1 fully saturated rings. The van der Waals surface area contributed by atoms with Crippen LogP contribution < -0.4 is 14.8 Å². The predicted molar refractivity (Wildman–Crippen MR) is 80.5 cm³/mol. The van der Waals surface area contributed by atoms with Gasteiger partial charge in [-0.3, -0.25) is 0 Å². The summed E-state index contributed by atoms with van der Waals surface area (Å²) in [7, 11) is 1.65. The molecule has 1 aromatic carbocycles. The number of hydrogen-bond acceptors (Lipinski definition) is 5. The molecule has 1 atom stereocenters. The highest BCUT2D eigenvalue weighted by Gasteiger charge is 2.15. The summed E-state index contributed by atoms with van der Waals surface area (Å²) in [5, 5.41) is 3.33. The van der Waals surface area contributed by atoms with Gasteiger partial charge in [-0.2, -0.15) is 0 Å². The Morgan fingerprint density at radius 3 is 2.81 bits per heavy atom. The van der Waals surface area contributed by atoms with Crippen LogP contribution in [0, 0.1) is 5.92 Å². The minimum atomic E-state index is 0.586. The van der Waals surface area contributed by atoms with Gasteiger partial charge in [-0.25, -0.2) is 9.97 Å². The first-order valence-corrected chi connectivity index (χ1v) is 7.15. The molecule has 1 aromatic heterocycles. The van der Waals surface area contributed by atoms with Gasteiger partial charge in [-0.1, -0.05) is 12.1 Å². The van der Waals surface area contributed by atoms with E-state index in [2.05, 4.69) is 15.3 Å². The van der Waals surface area contributed by atoms with Crippen LogP contribution in [0.25, 0.3) is 11.4 Å². The first kappa shape index (κ1) is 13.8. The molecule has 1 aliphatic heterocycles. The SMILES string of the molecule is COc1cccc(-c2ncc(OCC3CCNC3)cn2)c1. The second-order valence-corrected chi connectivity index (χ2v) is 5.14. The van der Waals surface area contributed by atoms with Gasteiger partial charge in [0.2, 0.25) is 0 Å². The van der Waals surface area contributed by atoms with Crippen molar-refractivity contribution in [2.75, 3.05) is 26.8 Å². The molecule has 5 nitrogen and oxygen atoms in total. The number of nitrogens with zero attached hydrogens (tertiary/aromatic N) is 2. The number of rotatable bonds is 5. The van der Waals surface area contributed by atoms with Gasteiger partial charge in [0, 0.05) is 18.0 Å². The van der Waals surface area contributed by atoms with Crippen molar-refractivity contribution in [3.8, 4) is 22.9 Å². The molecule has 1 N–H and O–H groups in total. The lowest BCUT2D eigenvalue weighted by molar-refractivity contribution is 0.258. The maximum atomic E-state index is 5.74. The van der Waals surface area contributed by atoms with Crippen LogP contribution in [0.1, 0.15) is 6.42 Å². The van der Waals surface area contributed by atoms with Crippen molar-refractivity contribution in [1.82, 2.24) is 15.3 Å². The smallest absolute Gasteiger partial charge is 0.159 e. The number of nitrogens with one attached hydrogen (secondary N) is 1. The van der Waals surface area contributed by atoms with Crippen molar-refractivity contribution in [2.24, 2.45) is 5.92 Å². The first-order valence-electron chi connectivity index (χ1n) is 7.15. The van der Waals surface area contributed by atoms with E-state index in [0.717, 1.165) is 31.0 Å². The molecule has 2 aromatic rings. The Balaban J connectivity index is 1.65. The van der Waals surface area contributed by atoms with Crippen molar-refractivity contribution in [1.29, 1.82) is 0 Å². The third-order valence-electron chi connectivity index (χ3n) is 3.60. The molecule has 110 valence electrons. The largest absolute Gasteiger partial charge is 0.497 e. The fourth-order valence-electron chi connectivity index (χ4n) is 2.37. The van der Waals surface area contributed by atoms with Crippen LogP contribution in [0.5, 0.6) is 11.5 Å². The standard InChI is InChI=1S/C16H19N3O2/c1-20-14-4-2-3-13(7-14)16-18-9-15(10-19-16)21-11-12-5-6-17-8-12/h2-4,7,9-10,12,17H,5-6,8,11H2,1H3. The monoisotopic (exact) mass is 285 g/mol. The molecule has 0 bridgehead atoms. The van der Waals surface area contributed by atoms with Crippen LogP contribution in [0.3, 0.4) is 0 Å². The molecule has 0 amide bonds.